The molecule has 0 heterocycles. The minimum absolute atomic E-state index is 0.243. The molecule has 1 unspecified atom stereocenters. The maximum Gasteiger partial charge on any atom is 0.107 e. The lowest BCUT2D eigenvalue weighted by Crippen LogP contribution is -2.27. The van der Waals surface area contributed by atoms with Crippen LogP contribution in [0.1, 0.15) is 51.9 Å². The fraction of sp³-hybridized carbons (Fsp3) is 0.857. The molecule has 0 amide bonds. The predicted octanol–water partition coefficient (Wildman–Crippen LogP) is 3.83. The van der Waals surface area contributed by atoms with Crippen molar-refractivity contribution in [2.24, 2.45) is 0 Å². The molecule has 2 heteroatoms. The molecule has 0 aromatic carbocycles. The van der Waals surface area contributed by atoms with Gasteiger partial charge in [0, 0.05) is 6.61 Å². The normalized spacial score (nSPS) is 13.0. The van der Waals surface area contributed by atoms with Crippen molar-refractivity contribution in [3.05, 3.63) is 12.7 Å². The lowest BCUT2D eigenvalue weighted by molar-refractivity contribution is -0.0241. The van der Waals surface area contributed by atoms with Gasteiger partial charge in [-0.25, -0.2) is 0 Å². The Morgan fingerprint density at radius 1 is 1.06 bits per heavy atom. The summed E-state index contributed by atoms with van der Waals surface area (Å²) in [5.74, 6) is 0. The van der Waals surface area contributed by atoms with Gasteiger partial charge in [0.1, 0.15) is 6.23 Å². The Labute approximate surface area is 102 Å². The van der Waals surface area contributed by atoms with Crippen molar-refractivity contribution in [1.29, 1.82) is 0 Å². The molecular formula is C14H29NO. The van der Waals surface area contributed by atoms with Gasteiger partial charge in [0.2, 0.25) is 0 Å². The Morgan fingerprint density at radius 3 is 2.19 bits per heavy atom. The molecule has 0 aromatic heterocycles. The third-order valence-corrected chi connectivity index (χ3v) is 2.89. The smallest absolute Gasteiger partial charge is 0.107 e. The molecule has 96 valence electrons. The van der Waals surface area contributed by atoms with Gasteiger partial charge in [0.05, 0.1) is 0 Å². The van der Waals surface area contributed by atoms with Crippen molar-refractivity contribution in [2.75, 3.05) is 20.7 Å². The highest BCUT2D eigenvalue weighted by molar-refractivity contribution is 4.65. The molecule has 0 aliphatic heterocycles. The summed E-state index contributed by atoms with van der Waals surface area (Å²) in [5.41, 5.74) is 0. The van der Waals surface area contributed by atoms with Gasteiger partial charge in [-0.15, -0.1) is 6.58 Å². The molecule has 0 aromatic rings. The third-order valence-electron chi connectivity index (χ3n) is 2.89. The van der Waals surface area contributed by atoms with E-state index in [0.29, 0.717) is 0 Å². The number of rotatable bonds is 11. The Bertz CT molecular complexity index is 157. The van der Waals surface area contributed by atoms with Crippen LogP contribution in [0.5, 0.6) is 0 Å². The van der Waals surface area contributed by atoms with Crippen LogP contribution in [0, 0.1) is 0 Å². The summed E-state index contributed by atoms with van der Waals surface area (Å²) in [4.78, 5) is 2.09. The molecule has 0 saturated heterocycles. The van der Waals surface area contributed by atoms with Gasteiger partial charge in [0.25, 0.3) is 0 Å². The van der Waals surface area contributed by atoms with E-state index in [-0.39, 0.29) is 6.23 Å². The van der Waals surface area contributed by atoms with E-state index in [0.717, 1.165) is 6.61 Å². The second-order valence-electron chi connectivity index (χ2n) is 4.63. The number of allylic oxidation sites excluding steroid dienone is 1. The van der Waals surface area contributed by atoms with E-state index in [1.807, 2.05) is 20.2 Å². The first-order valence-electron chi connectivity index (χ1n) is 6.57. The van der Waals surface area contributed by atoms with Crippen LogP contribution in [0.15, 0.2) is 12.7 Å². The Hall–Kier alpha value is -0.340. The molecular weight excluding hydrogens is 198 g/mol. The van der Waals surface area contributed by atoms with Gasteiger partial charge >= 0.3 is 0 Å². The second-order valence-corrected chi connectivity index (χ2v) is 4.63. The largest absolute Gasteiger partial charge is 0.363 e. The van der Waals surface area contributed by atoms with Crippen molar-refractivity contribution < 1.29 is 4.74 Å². The average Bonchev–Trinajstić information content (AvgIpc) is 2.26. The highest BCUT2D eigenvalue weighted by atomic mass is 16.5. The predicted molar refractivity (Wildman–Crippen MR) is 71.6 cm³/mol. The van der Waals surface area contributed by atoms with Gasteiger partial charge in [-0.2, -0.15) is 0 Å². The summed E-state index contributed by atoms with van der Waals surface area (Å²) < 4.78 is 5.66. The summed E-state index contributed by atoms with van der Waals surface area (Å²) in [6.45, 7) is 6.72. The van der Waals surface area contributed by atoms with Gasteiger partial charge < -0.3 is 4.74 Å². The molecule has 16 heavy (non-hydrogen) atoms. The second kappa shape index (κ2) is 11.2. The van der Waals surface area contributed by atoms with Crippen LogP contribution in [-0.4, -0.2) is 31.8 Å². The Kier molecular flexibility index (Phi) is 10.9. The highest BCUT2D eigenvalue weighted by Crippen LogP contribution is 2.08. The molecule has 0 bridgehead atoms. The molecule has 0 saturated carbocycles. The molecule has 0 rings (SSSR count). The molecule has 0 aliphatic rings. The minimum Gasteiger partial charge on any atom is -0.363 e. The van der Waals surface area contributed by atoms with Crippen LogP contribution in [0.2, 0.25) is 0 Å². The fourth-order valence-corrected chi connectivity index (χ4v) is 1.50. The quantitative estimate of drug-likeness (QED) is 0.302. The summed E-state index contributed by atoms with van der Waals surface area (Å²) >= 11 is 0. The van der Waals surface area contributed by atoms with Gasteiger partial charge in [-0.3, -0.25) is 4.90 Å². The van der Waals surface area contributed by atoms with E-state index in [1.54, 1.807) is 0 Å². The van der Waals surface area contributed by atoms with E-state index in [1.165, 1.54) is 44.9 Å². The molecule has 0 N–H and O–H groups in total. The standard InChI is InChI=1S/C14H29NO/c1-5-6-7-8-9-10-11-12-13-16-14(2)15(3)4/h5,14H,1,6-13H2,2-4H3. The van der Waals surface area contributed by atoms with Gasteiger partial charge in [-0.05, 0) is 40.3 Å². The number of ether oxygens (including phenoxy) is 1. The maximum atomic E-state index is 5.66. The number of nitrogens with zero attached hydrogens (tertiary/aromatic N) is 1. The first-order valence-corrected chi connectivity index (χ1v) is 6.57. The summed E-state index contributed by atoms with van der Waals surface area (Å²) in [6, 6.07) is 0. The first kappa shape index (κ1) is 15.7. The fourth-order valence-electron chi connectivity index (χ4n) is 1.50. The third kappa shape index (κ3) is 10.2. The average molecular weight is 227 g/mol. The van der Waals surface area contributed by atoms with Crippen molar-refractivity contribution >= 4 is 0 Å². The van der Waals surface area contributed by atoms with Gasteiger partial charge in [-0.1, -0.05) is 31.8 Å². The lowest BCUT2D eigenvalue weighted by Gasteiger charge is -2.19. The molecule has 0 aliphatic carbocycles. The van der Waals surface area contributed by atoms with E-state index in [2.05, 4.69) is 18.4 Å². The van der Waals surface area contributed by atoms with Crippen LogP contribution >= 0.6 is 0 Å². The SMILES string of the molecule is C=CCCCCCCCCOC(C)N(C)C. The van der Waals surface area contributed by atoms with E-state index < -0.39 is 0 Å². The topological polar surface area (TPSA) is 12.5 Å². The van der Waals surface area contributed by atoms with Crippen molar-refractivity contribution in [2.45, 2.75) is 58.1 Å². The van der Waals surface area contributed by atoms with E-state index in [9.17, 15) is 0 Å². The first-order chi connectivity index (χ1) is 7.68. The highest BCUT2D eigenvalue weighted by Gasteiger charge is 2.02. The summed E-state index contributed by atoms with van der Waals surface area (Å²) in [6.07, 6.45) is 11.3. The van der Waals surface area contributed by atoms with Crippen LogP contribution in [0.25, 0.3) is 0 Å². The Morgan fingerprint density at radius 2 is 1.62 bits per heavy atom. The minimum atomic E-state index is 0.243. The number of unbranched alkanes of at least 4 members (excludes halogenated alkanes) is 6. The molecule has 1 atom stereocenters. The van der Waals surface area contributed by atoms with Crippen LogP contribution in [0.3, 0.4) is 0 Å². The molecule has 0 spiro atoms. The van der Waals surface area contributed by atoms with Crippen molar-refractivity contribution in [1.82, 2.24) is 4.90 Å². The lowest BCUT2D eigenvalue weighted by atomic mass is 10.1. The van der Waals surface area contributed by atoms with Crippen LogP contribution in [-0.2, 0) is 4.74 Å². The Balaban J connectivity index is 3.06. The van der Waals surface area contributed by atoms with E-state index in [4.69, 9.17) is 4.74 Å². The zero-order chi connectivity index (χ0) is 12.2. The van der Waals surface area contributed by atoms with Crippen molar-refractivity contribution in [3.63, 3.8) is 0 Å². The molecule has 0 fully saturated rings. The monoisotopic (exact) mass is 227 g/mol. The zero-order valence-corrected chi connectivity index (χ0v) is 11.4. The number of hydrogen-bond donors (Lipinski definition) is 0. The molecule has 2 nitrogen and oxygen atoms in total. The van der Waals surface area contributed by atoms with E-state index >= 15 is 0 Å². The van der Waals surface area contributed by atoms with Crippen LogP contribution in [0.4, 0.5) is 0 Å². The zero-order valence-electron chi connectivity index (χ0n) is 11.4. The van der Waals surface area contributed by atoms with Crippen molar-refractivity contribution in [3.8, 4) is 0 Å². The summed E-state index contributed by atoms with van der Waals surface area (Å²) in [7, 11) is 4.09. The summed E-state index contributed by atoms with van der Waals surface area (Å²) in [5, 5.41) is 0. The number of hydrogen-bond acceptors (Lipinski definition) is 2. The van der Waals surface area contributed by atoms with Gasteiger partial charge in [0.15, 0.2) is 0 Å². The molecule has 0 radical (unpaired) electrons. The van der Waals surface area contributed by atoms with Crippen LogP contribution < -0.4 is 0 Å². The maximum absolute atomic E-state index is 5.66.